The molecule has 0 fully saturated rings. The van der Waals surface area contributed by atoms with Crippen molar-refractivity contribution in [1.29, 1.82) is 0 Å². The van der Waals surface area contributed by atoms with Gasteiger partial charge in [0.25, 0.3) is 0 Å². The molecule has 0 unspecified atom stereocenters. The second kappa shape index (κ2) is 5.83. The van der Waals surface area contributed by atoms with Crippen LogP contribution in [0.25, 0.3) is 10.9 Å². The van der Waals surface area contributed by atoms with Gasteiger partial charge in [0.1, 0.15) is 5.75 Å². The Bertz CT molecular complexity index is 523. The Morgan fingerprint density at radius 3 is 2.78 bits per heavy atom. The summed E-state index contributed by atoms with van der Waals surface area (Å²) in [5, 5.41) is 4.20. The maximum Gasteiger partial charge on any atom is 0.130 e. The molecule has 0 saturated heterocycles. The fourth-order valence-electron chi connectivity index (χ4n) is 1.84. The van der Waals surface area contributed by atoms with E-state index in [0.717, 1.165) is 35.5 Å². The lowest BCUT2D eigenvalue weighted by atomic mass is 10.1. The number of hydrogen-bond donors (Lipinski definition) is 1. The molecule has 0 spiro atoms. The number of aromatic nitrogens is 1. The van der Waals surface area contributed by atoms with E-state index in [0.29, 0.717) is 5.92 Å². The van der Waals surface area contributed by atoms with E-state index in [1.165, 1.54) is 0 Å². The highest BCUT2D eigenvalue weighted by Crippen LogP contribution is 2.25. The Morgan fingerprint density at radius 1 is 1.28 bits per heavy atom. The fraction of sp³-hybridized carbons (Fsp3) is 0.400. The Morgan fingerprint density at radius 2 is 2.06 bits per heavy atom. The van der Waals surface area contributed by atoms with Crippen molar-refractivity contribution in [2.24, 2.45) is 5.92 Å². The topological polar surface area (TPSA) is 34.1 Å². The van der Waals surface area contributed by atoms with Gasteiger partial charge in [-0.2, -0.15) is 0 Å². The third-order valence-electron chi connectivity index (χ3n) is 2.66. The number of nitrogens with zero attached hydrogens (tertiary/aromatic N) is 1. The second-order valence-corrected chi connectivity index (χ2v) is 4.86. The third kappa shape index (κ3) is 2.99. The first-order valence-electron chi connectivity index (χ1n) is 6.36. The number of pyridine rings is 1. The number of benzene rings is 1. The molecule has 1 heterocycles. The Balaban J connectivity index is 2.40. The normalized spacial score (nSPS) is 11.1. The van der Waals surface area contributed by atoms with Gasteiger partial charge in [0.15, 0.2) is 0 Å². The number of rotatable bonds is 5. The van der Waals surface area contributed by atoms with Crippen LogP contribution >= 0.6 is 0 Å². The number of hydrogen-bond acceptors (Lipinski definition) is 3. The standard InChI is InChI=1S/C15H20N2O/c1-11(2)10-18-15-8-12(9-16-3)17-14-7-5-4-6-13(14)15/h4-8,11,16H,9-10H2,1-3H3. The van der Waals surface area contributed by atoms with E-state index in [-0.39, 0.29) is 0 Å². The minimum atomic E-state index is 0.518. The first-order valence-corrected chi connectivity index (χ1v) is 6.36. The molecule has 0 saturated carbocycles. The van der Waals surface area contributed by atoms with Gasteiger partial charge in [-0.05, 0) is 25.1 Å². The third-order valence-corrected chi connectivity index (χ3v) is 2.66. The van der Waals surface area contributed by atoms with Crippen LogP contribution in [0, 0.1) is 5.92 Å². The van der Waals surface area contributed by atoms with E-state index in [2.05, 4.69) is 30.2 Å². The lowest BCUT2D eigenvalue weighted by molar-refractivity contribution is 0.273. The molecule has 2 aromatic rings. The van der Waals surface area contributed by atoms with Crippen molar-refractivity contribution >= 4 is 10.9 Å². The van der Waals surface area contributed by atoms with Crippen LogP contribution in [0.1, 0.15) is 19.5 Å². The van der Waals surface area contributed by atoms with Gasteiger partial charge < -0.3 is 10.1 Å². The molecule has 18 heavy (non-hydrogen) atoms. The van der Waals surface area contributed by atoms with Crippen LogP contribution in [0.3, 0.4) is 0 Å². The average molecular weight is 244 g/mol. The summed E-state index contributed by atoms with van der Waals surface area (Å²) in [7, 11) is 1.92. The minimum Gasteiger partial charge on any atom is -0.493 e. The van der Waals surface area contributed by atoms with Crippen LogP contribution in [-0.2, 0) is 6.54 Å². The van der Waals surface area contributed by atoms with Crippen molar-refractivity contribution in [2.75, 3.05) is 13.7 Å². The highest BCUT2D eigenvalue weighted by atomic mass is 16.5. The smallest absolute Gasteiger partial charge is 0.130 e. The van der Waals surface area contributed by atoms with Crippen LogP contribution in [0.5, 0.6) is 5.75 Å². The van der Waals surface area contributed by atoms with Crippen LogP contribution in [-0.4, -0.2) is 18.6 Å². The summed E-state index contributed by atoms with van der Waals surface area (Å²) >= 11 is 0. The summed E-state index contributed by atoms with van der Waals surface area (Å²) in [5.41, 5.74) is 2.00. The molecule has 0 atom stereocenters. The molecule has 0 aliphatic carbocycles. The SMILES string of the molecule is CNCc1cc(OCC(C)C)c2ccccc2n1. The van der Waals surface area contributed by atoms with Gasteiger partial charge in [0.05, 0.1) is 17.8 Å². The van der Waals surface area contributed by atoms with Crippen LogP contribution < -0.4 is 10.1 Å². The van der Waals surface area contributed by atoms with Crippen molar-refractivity contribution in [3.05, 3.63) is 36.0 Å². The van der Waals surface area contributed by atoms with Gasteiger partial charge in [0, 0.05) is 18.0 Å². The summed E-state index contributed by atoms with van der Waals surface area (Å²) in [6.45, 7) is 5.78. The summed E-state index contributed by atoms with van der Waals surface area (Å²) < 4.78 is 5.90. The van der Waals surface area contributed by atoms with E-state index < -0.39 is 0 Å². The summed E-state index contributed by atoms with van der Waals surface area (Å²) in [4.78, 5) is 4.61. The van der Waals surface area contributed by atoms with Crippen molar-refractivity contribution in [1.82, 2.24) is 10.3 Å². The molecule has 0 aliphatic rings. The van der Waals surface area contributed by atoms with Crippen molar-refractivity contribution < 1.29 is 4.74 Å². The first kappa shape index (κ1) is 12.8. The zero-order chi connectivity index (χ0) is 13.0. The number of fused-ring (bicyclic) bond motifs is 1. The molecule has 0 radical (unpaired) electrons. The number of para-hydroxylation sites is 1. The molecule has 1 aromatic heterocycles. The van der Waals surface area contributed by atoms with Crippen molar-refractivity contribution in [3.63, 3.8) is 0 Å². The largest absolute Gasteiger partial charge is 0.493 e. The first-order chi connectivity index (χ1) is 8.70. The summed E-state index contributed by atoms with van der Waals surface area (Å²) in [6, 6.07) is 10.1. The molecule has 3 nitrogen and oxygen atoms in total. The molecular formula is C15H20N2O. The quantitative estimate of drug-likeness (QED) is 0.878. The van der Waals surface area contributed by atoms with Gasteiger partial charge in [-0.15, -0.1) is 0 Å². The highest BCUT2D eigenvalue weighted by molar-refractivity contribution is 5.85. The van der Waals surface area contributed by atoms with Gasteiger partial charge in [-0.3, -0.25) is 4.98 Å². The fourth-order valence-corrected chi connectivity index (χ4v) is 1.84. The summed E-state index contributed by atoms with van der Waals surface area (Å²) in [5.74, 6) is 1.45. The maximum atomic E-state index is 5.90. The van der Waals surface area contributed by atoms with E-state index >= 15 is 0 Å². The Kier molecular flexibility index (Phi) is 4.15. The average Bonchev–Trinajstić information content (AvgIpc) is 2.36. The monoisotopic (exact) mass is 244 g/mol. The van der Waals surface area contributed by atoms with Crippen LogP contribution in [0.4, 0.5) is 0 Å². The van der Waals surface area contributed by atoms with Gasteiger partial charge in [0.2, 0.25) is 0 Å². The Hall–Kier alpha value is -1.61. The van der Waals surface area contributed by atoms with Gasteiger partial charge >= 0.3 is 0 Å². The van der Waals surface area contributed by atoms with E-state index in [9.17, 15) is 0 Å². The van der Waals surface area contributed by atoms with Crippen molar-refractivity contribution in [3.8, 4) is 5.75 Å². The number of ether oxygens (including phenoxy) is 1. The van der Waals surface area contributed by atoms with Crippen LogP contribution in [0.15, 0.2) is 30.3 Å². The van der Waals surface area contributed by atoms with E-state index in [1.807, 2.05) is 31.3 Å². The molecular weight excluding hydrogens is 224 g/mol. The molecule has 2 rings (SSSR count). The van der Waals surface area contributed by atoms with Gasteiger partial charge in [-0.1, -0.05) is 26.0 Å². The van der Waals surface area contributed by atoms with Crippen LogP contribution in [0.2, 0.25) is 0 Å². The molecule has 0 amide bonds. The predicted molar refractivity (Wildman–Crippen MR) is 74.8 cm³/mol. The molecule has 0 bridgehead atoms. The molecule has 1 N–H and O–H groups in total. The zero-order valence-electron chi connectivity index (χ0n) is 11.2. The molecule has 0 aliphatic heterocycles. The Labute approximate surface area is 108 Å². The summed E-state index contributed by atoms with van der Waals surface area (Å²) in [6.07, 6.45) is 0. The maximum absolute atomic E-state index is 5.90. The molecule has 96 valence electrons. The van der Waals surface area contributed by atoms with Gasteiger partial charge in [-0.25, -0.2) is 0 Å². The highest BCUT2D eigenvalue weighted by Gasteiger charge is 2.07. The number of nitrogens with one attached hydrogen (secondary N) is 1. The lowest BCUT2D eigenvalue weighted by Gasteiger charge is -2.12. The molecule has 1 aromatic carbocycles. The lowest BCUT2D eigenvalue weighted by Crippen LogP contribution is -2.09. The van der Waals surface area contributed by atoms with Crippen molar-refractivity contribution in [2.45, 2.75) is 20.4 Å². The van der Waals surface area contributed by atoms with E-state index in [4.69, 9.17) is 4.74 Å². The second-order valence-electron chi connectivity index (χ2n) is 4.86. The van der Waals surface area contributed by atoms with E-state index in [1.54, 1.807) is 0 Å². The predicted octanol–water partition coefficient (Wildman–Crippen LogP) is 2.99. The minimum absolute atomic E-state index is 0.518. The zero-order valence-corrected chi connectivity index (χ0v) is 11.2. The molecule has 3 heteroatoms.